The van der Waals surface area contributed by atoms with E-state index >= 15 is 0 Å². The molecule has 0 aromatic heterocycles. The molecule has 2 aromatic rings. The maximum atomic E-state index is 11.9. The van der Waals surface area contributed by atoms with Crippen molar-refractivity contribution < 1.29 is 34.8 Å². The van der Waals surface area contributed by atoms with E-state index in [1.807, 2.05) is 0 Å². The van der Waals surface area contributed by atoms with Gasteiger partial charge in [-0.1, -0.05) is 36.4 Å². The molecule has 2 amide bonds. The largest absolute Gasteiger partial charge is 0.435 e. The van der Waals surface area contributed by atoms with Crippen LogP contribution in [0.5, 0.6) is 0 Å². The number of hydrogen-bond donors (Lipinski definition) is 2. The summed E-state index contributed by atoms with van der Waals surface area (Å²) in [7, 11) is -8.33. The summed E-state index contributed by atoms with van der Waals surface area (Å²) in [6, 6.07) is 14.0. The highest BCUT2D eigenvalue weighted by Gasteiger charge is 2.21. The minimum absolute atomic E-state index is 0.181. The van der Waals surface area contributed by atoms with E-state index in [0.29, 0.717) is 0 Å². The van der Waals surface area contributed by atoms with Crippen LogP contribution in [0.15, 0.2) is 70.5 Å². The van der Waals surface area contributed by atoms with Crippen molar-refractivity contribution in [2.75, 3.05) is 0 Å². The fraction of sp³-hybridized carbons (Fsp3) is 0. The number of rotatable bonds is 6. The summed E-state index contributed by atoms with van der Waals surface area (Å²) in [6.07, 6.45) is -2.88. The Hall–Kier alpha value is -2.77. The SMILES string of the molecule is O=C(NS(=O)(=O)c1ccccc1)OSOC(=O)NS(=O)(=O)c1ccccc1. The van der Waals surface area contributed by atoms with Gasteiger partial charge in [0.15, 0.2) is 0 Å². The molecule has 10 nitrogen and oxygen atoms in total. The molecule has 2 rings (SSSR count). The molecule has 0 aliphatic carbocycles. The van der Waals surface area contributed by atoms with Crippen molar-refractivity contribution in [2.24, 2.45) is 0 Å². The Labute approximate surface area is 159 Å². The van der Waals surface area contributed by atoms with Crippen molar-refractivity contribution in [2.45, 2.75) is 9.79 Å². The summed E-state index contributed by atoms with van der Waals surface area (Å²) < 4.78 is 59.2. The number of carbonyl (C=O) groups is 2. The molecule has 0 spiro atoms. The van der Waals surface area contributed by atoms with E-state index in [0.717, 1.165) is 0 Å². The Morgan fingerprint density at radius 3 is 1.33 bits per heavy atom. The molecule has 0 saturated carbocycles. The molecule has 27 heavy (non-hydrogen) atoms. The van der Waals surface area contributed by atoms with Crippen LogP contribution >= 0.6 is 12.3 Å². The summed E-state index contributed by atoms with van der Waals surface area (Å²) >= 11 is -0.212. The first-order valence-electron chi connectivity index (χ1n) is 6.95. The molecule has 0 saturated heterocycles. The lowest BCUT2D eigenvalue weighted by atomic mass is 10.4. The Kier molecular flexibility index (Phi) is 6.65. The molecule has 0 atom stereocenters. The molecule has 144 valence electrons. The van der Waals surface area contributed by atoms with Gasteiger partial charge in [0.1, 0.15) is 0 Å². The van der Waals surface area contributed by atoms with Crippen LogP contribution in [0.3, 0.4) is 0 Å². The van der Waals surface area contributed by atoms with Crippen molar-refractivity contribution in [3.63, 3.8) is 0 Å². The van der Waals surface area contributed by atoms with Gasteiger partial charge in [-0.05, 0) is 24.3 Å². The highest BCUT2D eigenvalue weighted by atomic mass is 32.2. The zero-order chi connectivity index (χ0) is 19.9. The van der Waals surface area contributed by atoms with Crippen molar-refractivity contribution in [3.05, 3.63) is 60.7 Å². The van der Waals surface area contributed by atoms with Crippen molar-refractivity contribution in [1.82, 2.24) is 9.44 Å². The Bertz CT molecular complexity index is 925. The average Bonchev–Trinajstić information content (AvgIpc) is 2.62. The van der Waals surface area contributed by atoms with Crippen molar-refractivity contribution in [1.29, 1.82) is 0 Å². The van der Waals surface area contributed by atoms with Crippen LogP contribution in [0, 0.1) is 0 Å². The number of nitrogens with one attached hydrogen (secondary N) is 2. The summed E-state index contributed by atoms with van der Waals surface area (Å²) in [6.45, 7) is 0. The summed E-state index contributed by atoms with van der Waals surface area (Å²) in [5, 5.41) is 0. The van der Waals surface area contributed by atoms with Crippen LogP contribution in [0.25, 0.3) is 0 Å². The molecule has 0 aliphatic rings. The van der Waals surface area contributed by atoms with Gasteiger partial charge in [0.2, 0.25) is 0 Å². The number of benzene rings is 2. The first-order chi connectivity index (χ1) is 12.7. The van der Waals surface area contributed by atoms with E-state index in [-0.39, 0.29) is 22.1 Å². The zero-order valence-electron chi connectivity index (χ0n) is 13.3. The van der Waals surface area contributed by atoms with Gasteiger partial charge in [-0.15, -0.1) is 0 Å². The third-order valence-electron chi connectivity index (χ3n) is 2.76. The monoisotopic (exact) mass is 432 g/mol. The first kappa shape index (κ1) is 20.5. The van der Waals surface area contributed by atoms with Crippen LogP contribution in [-0.2, 0) is 28.4 Å². The highest BCUT2D eigenvalue weighted by molar-refractivity contribution is 7.92. The number of amides is 2. The third kappa shape index (κ3) is 6.16. The molecule has 0 aliphatic heterocycles. The number of carbonyl (C=O) groups excluding carboxylic acids is 2. The van der Waals surface area contributed by atoms with Gasteiger partial charge in [0.25, 0.3) is 20.0 Å². The summed E-state index contributed by atoms with van der Waals surface area (Å²) in [5.74, 6) is 0. The van der Waals surface area contributed by atoms with Gasteiger partial charge in [-0.25, -0.2) is 35.9 Å². The average molecular weight is 432 g/mol. The molecular formula is C14H12N2O8S3. The van der Waals surface area contributed by atoms with Gasteiger partial charge in [0.05, 0.1) is 9.79 Å². The summed E-state index contributed by atoms with van der Waals surface area (Å²) in [4.78, 5) is 22.6. The van der Waals surface area contributed by atoms with Crippen LogP contribution in [0.4, 0.5) is 9.59 Å². The van der Waals surface area contributed by atoms with Gasteiger partial charge >= 0.3 is 24.5 Å². The molecule has 0 bridgehead atoms. The van der Waals surface area contributed by atoms with Crippen LogP contribution in [0.1, 0.15) is 0 Å². The van der Waals surface area contributed by atoms with E-state index in [4.69, 9.17) is 0 Å². The standard InChI is InChI=1S/C14H12N2O8S3/c17-13(15-26(19,20)11-7-3-1-4-8-11)23-25-24-14(18)16-27(21,22)12-9-5-2-6-10-12/h1-10H,(H,15,17)(H,16,18). The second-order valence-electron chi connectivity index (χ2n) is 4.65. The topological polar surface area (TPSA) is 145 Å². The van der Waals surface area contributed by atoms with E-state index in [1.165, 1.54) is 48.5 Å². The Morgan fingerprint density at radius 1 is 0.667 bits per heavy atom. The lowest BCUT2D eigenvalue weighted by Gasteiger charge is -2.07. The molecule has 0 radical (unpaired) electrons. The normalized spacial score (nSPS) is 11.3. The van der Waals surface area contributed by atoms with Gasteiger partial charge < -0.3 is 8.37 Å². The second kappa shape index (κ2) is 8.75. The minimum Gasteiger partial charge on any atom is -0.336 e. The number of sulfonamides is 2. The smallest absolute Gasteiger partial charge is 0.336 e. The fourth-order valence-corrected chi connectivity index (χ4v) is 3.78. The highest BCUT2D eigenvalue weighted by Crippen LogP contribution is 2.12. The van der Waals surface area contributed by atoms with E-state index < -0.39 is 32.2 Å². The minimum atomic E-state index is -4.16. The fourth-order valence-electron chi connectivity index (χ4n) is 1.65. The third-order valence-corrected chi connectivity index (χ3v) is 5.86. The van der Waals surface area contributed by atoms with Crippen LogP contribution < -0.4 is 9.44 Å². The van der Waals surface area contributed by atoms with E-state index in [9.17, 15) is 26.4 Å². The summed E-state index contributed by atoms with van der Waals surface area (Å²) in [5.41, 5.74) is 0. The Morgan fingerprint density at radius 2 is 1.00 bits per heavy atom. The molecular weight excluding hydrogens is 420 g/mol. The molecule has 0 heterocycles. The van der Waals surface area contributed by atoms with Gasteiger partial charge in [0, 0.05) is 0 Å². The molecule has 0 fully saturated rings. The van der Waals surface area contributed by atoms with Crippen LogP contribution in [-0.4, -0.2) is 29.0 Å². The second-order valence-corrected chi connectivity index (χ2v) is 8.48. The lowest BCUT2D eigenvalue weighted by Crippen LogP contribution is -2.31. The molecule has 2 N–H and O–H groups in total. The lowest BCUT2D eigenvalue weighted by molar-refractivity contribution is 0.201. The van der Waals surface area contributed by atoms with Crippen molar-refractivity contribution in [3.8, 4) is 0 Å². The number of hydrogen-bond acceptors (Lipinski definition) is 9. The molecule has 0 unspecified atom stereocenters. The van der Waals surface area contributed by atoms with E-state index in [1.54, 1.807) is 21.6 Å². The molecule has 13 heteroatoms. The predicted octanol–water partition coefficient (Wildman–Crippen LogP) is 1.78. The zero-order valence-corrected chi connectivity index (χ0v) is 15.7. The van der Waals surface area contributed by atoms with E-state index in [2.05, 4.69) is 8.37 Å². The predicted molar refractivity (Wildman–Crippen MR) is 94.1 cm³/mol. The van der Waals surface area contributed by atoms with Crippen molar-refractivity contribution >= 4 is 44.6 Å². The maximum absolute atomic E-state index is 11.9. The maximum Gasteiger partial charge on any atom is 0.435 e. The molecule has 2 aromatic carbocycles. The van der Waals surface area contributed by atoms with Gasteiger partial charge in [-0.2, -0.15) is 0 Å². The quantitative estimate of drug-likeness (QED) is 0.652. The Balaban J connectivity index is 1.82. The van der Waals surface area contributed by atoms with Crippen LogP contribution in [0.2, 0.25) is 0 Å². The first-order valence-corrected chi connectivity index (χ1v) is 10.6. The van der Waals surface area contributed by atoms with Gasteiger partial charge in [-0.3, -0.25) is 0 Å².